The molecule has 1 amide bonds. The Morgan fingerprint density at radius 1 is 1.00 bits per heavy atom. The summed E-state index contributed by atoms with van der Waals surface area (Å²) in [6.45, 7) is 7.48. The van der Waals surface area contributed by atoms with Gasteiger partial charge in [0.05, 0.1) is 19.3 Å². The van der Waals surface area contributed by atoms with Gasteiger partial charge in [0, 0.05) is 64.0 Å². The lowest BCUT2D eigenvalue weighted by Gasteiger charge is -2.43. The Hall–Kier alpha value is -2.78. The van der Waals surface area contributed by atoms with Crippen LogP contribution in [-0.4, -0.2) is 103 Å². The zero-order valence-electron chi connectivity index (χ0n) is 19.8. The summed E-state index contributed by atoms with van der Waals surface area (Å²) in [6, 6.07) is 9.32. The van der Waals surface area contributed by atoms with E-state index >= 15 is 0 Å². The van der Waals surface area contributed by atoms with Crippen LogP contribution in [0.2, 0.25) is 0 Å². The van der Waals surface area contributed by atoms with Crippen molar-refractivity contribution in [2.45, 2.75) is 25.3 Å². The van der Waals surface area contributed by atoms with Crippen LogP contribution >= 0.6 is 0 Å². The van der Waals surface area contributed by atoms with Crippen LogP contribution in [0.1, 0.15) is 19.3 Å². The fourth-order valence-electron chi connectivity index (χ4n) is 4.99. The average Bonchev–Trinajstić information content (AvgIpc) is 2.84. The van der Waals surface area contributed by atoms with E-state index in [0.717, 1.165) is 64.2 Å². The standard InChI is InChI=1S/C25H33FN6O2/c1-34-23-7-5-19(17-21(23)26)22-6-8-24(28-27-22)31-11-9-29(10-12-31)18-25(33)32-15-13-30(14-16-32)20-3-2-4-20/h5-8,17,20H,2-4,9-16,18H2,1H3. The highest BCUT2D eigenvalue weighted by atomic mass is 19.1. The van der Waals surface area contributed by atoms with Crippen molar-refractivity contribution in [1.29, 1.82) is 0 Å². The molecule has 0 spiro atoms. The third-order valence-corrected chi connectivity index (χ3v) is 7.41. The molecule has 2 saturated heterocycles. The number of hydrogen-bond donors (Lipinski definition) is 0. The lowest BCUT2D eigenvalue weighted by Crippen LogP contribution is -2.56. The Kier molecular flexibility index (Phi) is 6.92. The molecule has 1 aliphatic carbocycles. The number of halogens is 1. The van der Waals surface area contributed by atoms with Gasteiger partial charge in [-0.3, -0.25) is 14.6 Å². The number of benzene rings is 1. The molecular formula is C25H33FN6O2. The van der Waals surface area contributed by atoms with E-state index in [9.17, 15) is 9.18 Å². The summed E-state index contributed by atoms with van der Waals surface area (Å²) >= 11 is 0. The summed E-state index contributed by atoms with van der Waals surface area (Å²) in [5.41, 5.74) is 1.28. The largest absolute Gasteiger partial charge is 0.494 e. The van der Waals surface area contributed by atoms with Gasteiger partial charge < -0.3 is 14.5 Å². The smallest absolute Gasteiger partial charge is 0.236 e. The molecule has 5 rings (SSSR count). The highest BCUT2D eigenvalue weighted by Gasteiger charge is 2.30. The molecule has 0 unspecified atom stereocenters. The van der Waals surface area contributed by atoms with E-state index in [4.69, 9.17) is 4.74 Å². The fourth-order valence-corrected chi connectivity index (χ4v) is 4.99. The first-order chi connectivity index (χ1) is 16.6. The second-order valence-electron chi connectivity index (χ2n) is 9.39. The third kappa shape index (κ3) is 5.00. The molecule has 3 fully saturated rings. The lowest BCUT2D eigenvalue weighted by atomic mass is 9.91. The van der Waals surface area contributed by atoms with Crippen LogP contribution in [0.5, 0.6) is 5.75 Å². The van der Waals surface area contributed by atoms with Gasteiger partial charge in [0.25, 0.3) is 0 Å². The number of methoxy groups -OCH3 is 1. The molecule has 0 atom stereocenters. The molecule has 0 bridgehead atoms. The zero-order chi connectivity index (χ0) is 23.5. The van der Waals surface area contributed by atoms with Gasteiger partial charge in [0.1, 0.15) is 0 Å². The molecule has 3 aliphatic rings. The highest BCUT2D eigenvalue weighted by Crippen LogP contribution is 2.26. The summed E-state index contributed by atoms with van der Waals surface area (Å²) in [5, 5.41) is 8.67. The van der Waals surface area contributed by atoms with E-state index in [1.807, 2.05) is 17.0 Å². The first-order valence-electron chi connectivity index (χ1n) is 12.3. The second kappa shape index (κ2) is 10.2. The minimum absolute atomic E-state index is 0.209. The number of rotatable bonds is 6. The molecule has 182 valence electrons. The number of nitrogens with zero attached hydrogens (tertiary/aromatic N) is 6. The number of ether oxygens (including phenoxy) is 1. The van der Waals surface area contributed by atoms with Gasteiger partial charge in [-0.1, -0.05) is 6.42 Å². The van der Waals surface area contributed by atoms with E-state index in [-0.39, 0.29) is 11.7 Å². The number of amides is 1. The number of carbonyl (C=O) groups is 1. The number of carbonyl (C=O) groups excluding carboxylic acids is 1. The molecule has 34 heavy (non-hydrogen) atoms. The van der Waals surface area contributed by atoms with Gasteiger partial charge in [-0.25, -0.2) is 4.39 Å². The predicted molar refractivity (Wildman–Crippen MR) is 128 cm³/mol. The van der Waals surface area contributed by atoms with Crippen molar-refractivity contribution in [3.8, 4) is 17.0 Å². The van der Waals surface area contributed by atoms with E-state index in [1.54, 1.807) is 12.1 Å². The maximum Gasteiger partial charge on any atom is 0.236 e. The molecule has 8 nitrogen and oxygen atoms in total. The molecule has 1 saturated carbocycles. The molecule has 1 aromatic carbocycles. The highest BCUT2D eigenvalue weighted by molar-refractivity contribution is 5.78. The van der Waals surface area contributed by atoms with E-state index in [2.05, 4.69) is 24.9 Å². The topological polar surface area (TPSA) is 65.0 Å². The maximum atomic E-state index is 14.0. The Labute approximate surface area is 200 Å². The first-order valence-corrected chi connectivity index (χ1v) is 12.3. The van der Waals surface area contributed by atoms with E-state index in [0.29, 0.717) is 17.8 Å². The molecule has 3 heterocycles. The van der Waals surface area contributed by atoms with Crippen molar-refractivity contribution in [1.82, 2.24) is 24.9 Å². The van der Waals surface area contributed by atoms with Crippen molar-refractivity contribution in [2.75, 3.05) is 70.9 Å². The normalized spacial score (nSPS) is 20.3. The fraction of sp³-hybridized carbons (Fsp3) is 0.560. The van der Waals surface area contributed by atoms with Crippen LogP contribution in [0.15, 0.2) is 30.3 Å². The summed E-state index contributed by atoms with van der Waals surface area (Å²) in [4.78, 5) is 21.8. The zero-order valence-corrected chi connectivity index (χ0v) is 19.8. The van der Waals surface area contributed by atoms with Crippen molar-refractivity contribution in [2.24, 2.45) is 0 Å². The van der Waals surface area contributed by atoms with Crippen LogP contribution in [-0.2, 0) is 4.79 Å². The minimum atomic E-state index is -0.420. The Bertz CT molecular complexity index is 983. The van der Waals surface area contributed by atoms with Crippen LogP contribution in [0.25, 0.3) is 11.3 Å². The molecular weight excluding hydrogens is 435 g/mol. The minimum Gasteiger partial charge on any atom is -0.494 e. The monoisotopic (exact) mass is 468 g/mol. The summed E-state index contributed by atoms with van der Waals surface area (Å²) in [6.07, 6.45) is 4.00. The van der Waals surface area contributed by atoms with Gasteiger partial charge in [0.15, 0.2) is 17.4 Å². The molecule has 2 aromatic rings. The van der Waals surface area contributed by atoms with Crippen molar-refractivity contribution >= 4 is 11.7 Å². The van der Waals surface area contributed by atoms with Crippen LogP contribution < -0.4 is 9.64 Å². The maximum absolute atomic E-state index is 14.0. The van der Waals surface area contributed by atoms with Gasteiger partial charge in [0.2, 0.25) is 5.91 Å². The first kappa shape index (κ1) is 23.0. The molecule has 2 aliphatic heterocycles. The Morgan fingerprint density at radius 2 is 1.76 bits per heavy atom. The van der Waals surface area contributed by atoms with Crippen molar-refractivity contribution in [3.05, 3.63) is 36.1 Å². The summed E-state index contributed by atoms with van der Waals surface area (Å²) in [5.74, 6) is 0.839. The van der Waals surface area contributed by atoms with Crippen LogP contribution in [0.3, 0.4) is 0 Å². The van der Waals surface area contributed by atoms with Crippen LogP contribution in [0, 0.1) is 5.82 Å². The number of anilines is 1. The third-order valence-electron chi connectivity index (χ3n) is 7.41. The van der Waals surface area contributed by atoms with Gasteiger partial charge in [-0.05, 0) is 43.2 Å². The summed E-state index contributed by atoms with van der Waals surface area (Å²) < 4.78 is 19.0. The second-order valence-corrected chi connectivity index (χ2v) is 9.39. The van der Waals surface area contributed by atoms with Gasteiger partial charge in [-0.15, -0.1) is 10.2 Å². The molecule has 9 heteroatoms. The number of hydrogen-bond acceptors (Lipinski definition) is 7. The van der Waals surface area contributed by atoms with E-state index in [1.165, 1.54) is 32.4 Å². The number of piperazine rings is 2. The van der Waals surface area contributed by atoms with Gasteiger partial charge >= 0.3 is 0 Å². The number of aromatic nitrogens is 2. The lowest BCUT2D eigenvalue weighted by molar-refractivity contribution is -0.134. The van der Waals surface area contributed by atoms with Crippen LogP contribution in [0.4, 0.5) is 10.2 Å². The predicted octanol–water partition coefficient (Wildman–Crippen LogP) is 2.11. The molecule has 1 aromatic heterocycles. The Balaban J connectivity index is 1.09. The Morgan fingerprint density at radius 3 is 2.35 bits per heavy atom. The average molecular weight is 469 g/mol. The van der Waals surface area contributed by atoms with E-state index < -0.39 is 5.82 Å². The van der Waals surface area contributed by atoms with Gasteiger partial charge in [-0.2, -0.15) is 0 Å². The molecule has 0 N–H and O–H groups in total. The quantitative estimate of drug-likeness (QED) is 0.643. The van der Waals surface area contributed by atoms with Crippen molar-refractivity contribution < 1.29 is 13.9 Å². The summed E-state index contributed by atoms with van der Waals surface area (Å²) in [7, 11) is 1.44. The SMILES string of the molecule is COc1ccc(-c2ccc(N3CCN(CC(=O)N4CCN(C5CCC5)CC4)CC3)nn2)cc1F. The van der Waals surface area contributed by atoms with Crippen molar-refractivity contribution in [3.63, 3.8) is 0 Å². The molecule has 0 radical (unpaired) electrons.